The molecule has 30 heavy (non-hydrogen) atoms. The van der Waals surface area contributed by atoms with Gasteiger partial charge in [0, 0.05) is 34.6 Å². The fourth-order valence-corrected chi connectivity index (χ4v) is 9.29. The predicted octanol–water partition coefficient (Wildman–Crippen LogP) is 5.97. The third-order valence-corrected chi connectivity index (χ3v) is 10.4. The van der Waals surface area contributed by atoms with Crippen molar-refractivity contribution in [2.75, 3.05) is 6.26 Å². The zero-order valence-electron chi connectivity index (χ0n) is 18.8. The molecule has 1 saturated carbocycles. The molecule has 1 aromatic rings. The van der Waals surface area contributed by atoms with Crippen LogP contribution in [0.4, 0.5) is 0 Å². The first kappa shape index (κ1) is 23.6. The quantitative estimate of drug-likeness (QED) is 0.316. The lowest BCUT2D eigenvalue weighted by molar-refractivity contribution is 0.173. The molecular formula is C23H35N4OPS. The van der Waals surface area contributed by atoms with E-state index in [0.29, 0.717) is 5.57 Å². The van der Waals surface area contributed by atoms with Crippen LogP contribution in [-0.2, 0) is 4.57 Å². The van der Waals surface area contributed by atoms with E-state index in [2.05, 4.69) is 54.8 Å². The van der Waals surface area contributed by atoms with Crippen molar-refractivity contribution in [3.63, 3.8) is 0 Å². The van der Waals surface area contributed by atoms with Crippen molar-refractivity contribution in [3.8, 4) is 6.07 Å². The lowest BCUT2D eigenvalue weighted by atomic mass is 9.89. The van der Waals surface area contributed by atoms with Gasteiger partial charge in [0.2, 0.25) is 0 Å². The monoisotopic (exact) mass is 446 g/mol. The Morgan fingerprint density at radius 2 is 1.63 bits per heavy atom. The zero-order valence-corrected chi connectivity index (χ0v) is 20.5. The standard InChI is InChI=1S/C23H35N4OPS/c1-16(2)26-21-9-7-8-10-22(21)27(17(3)4)29(26,28)25-23(18(5)15-24)19-11-13-20(30-6)14-12-19/h11-14,16-17,21-23H,5,7-10H2,1-4,6H3,(H,25,28)/t21-,22-,23-/m1/s1. The maximum absolute atomic E-state index is 14.8. The number of hydrogen-bond donors (Lipinski definition) is 1. The lowest BCUT2D eigenvalue weighted by Crippen LogP contribution is -2.43. The summed E-state index contributed by atoms with van der Waals surface area (Å²) in [5, 5.41) is 13.2. The highest BCUT2D eigenvalue weighted by atomic mass is 32.2. The molecule has 1 heterocycles. The second kappa shape index (κ2) is 9.59. The van der Waals surface area contributed by atoms with Gasteiger partial charge in [-0.25, -0.2) is 14.4 Å². The summed E-state index contributed by atoms with van der Waals surface area (Å²) < 4.78 is 19.3. The molecule has 1 aliphatic heterocycles. The van der Waals surface area contributed by atoms with E-state index in [1.165, 1.54) is 12.8 Å². The smallest absolute Gasteiger partial charge is 0.270 e. The Hall–Kier alpha value is -1.09. The van der Waals surface area contributed by atoms with Crippen molar-refractivity contribution in [1.29, 1.82) is 5.26 Å². The summed E-state index contributed by atoms with van der Waals surface area (Å²) in [5.41, 5.74) is 1.32. The molecule has 3 rings (SSSR count). The molecule has 2 aliphatic rings. The van der Waals surface area contributed by atoms with E-state index in [1.54, 1.807) is 11.8 Å². The molecule has 1 aliphatic carbocycles. The maximum atomic E-state index is 14.8. The van der Waals surface area contributed by atoms with Crippen LogP contribution in [0.25, 0.3) is 0 Å². The summed E-state index contributed by atoms with van der Waals surface area (Å²) in [6.07, 6.45) is 6.55. The van der Waals surface area contributed by atoms with Gasteiger partial charge in [0.15, 0.2) is 0 Å². The number of rotatable bonds is 7. The summed E-state index contributed by atoms with van der Waals surface area (Å²) in [6, 6.07) is 10.7. The topological polar surface area (TPSA) is 59.4 Å². The van der Waals surface area contributed by atoms with Gasteiger partial charge in [-0.2, -0.15) is 5.26 Å². The van der Waals surface area contributed by atoms with E-state index in [9.17, 15) is 9.83 Å². The highest BCUT2D eigenvalue weighted by molar-refractivity contribution is 7.98. The first-order valence-electron chi connectivity index (χ1n) is 10.9. The van der Waals surface area contributed by atoms with Crippen molar-refractivity contribution in [2.45, 2.75) is 88.5 Å². The molecule has 0 spiro atoms. The Morgan fingerprint density at radius 3 is 2.03 bits per heavy atom. The molecule has 1 aromatic carbocycles. The average Bonchev–Trinajstić information content (AvgIpc) is 2.99. The Morgan fingerprint density at radius 1 is 1.13 bits per heavy atom. The lowest BCUT2D eigenvalue weighted by Gasteiger charge is -2.38. The van der Waals surface area contributed by atoms with Gasteiger partial charge in [0.1, 0.15) is 0 Å². The van der Waals surface area contributed by atoms with Crippen molar-refractivity contribution in [2.24, 2.45) is 0 Å². The van der Waals surface area contributed by atoms with E-state index in [4.69, 9.17) is 0 Å². The first-order chi connectivity index (χ1) is 14.2. The van der Waals surface area contributed by atoms with Gasteiger partial charge in [-0.3, -0.25) is 4.57 Å². The number of thioether (sulfide) groups is 1. The van der Waals surface area contributed by atoms with Crippen LogP contribution in [0.15, 0.2) is 41.3 Å². The summed E-state index contributed by atoms with van der Waals surface area (Å²) in [6.45, 7) is 12.5. The molecular weight excluding hydrogens is 411 g/mol. The Labute approximate surface area is 186 Å². The van der Waals surface area contributed by atoms with Crippen molar-refractivity contribution in [1.82, 2.24) is 14.4 Å². The number of nitriles is 1. The molecule has 0 bridgehead atoms. The van der Waals surface area contributed by atoms with E-state index in [0.717, 1.165) is 23.3 Å². The first-order valence-corrected chi connectivity index (χ1v) is 13.8. The van der Waals surface area contributed by atoms with Gasteiger partial charge < -0.3 is 0 Å². The van der Waals surface area contributed by atoms with Crippen molar-refractivity contribution in [3.05, 3.63) is 42.0 Å². The third kappa shape index (κ3) is 4.29. The van der Waals surface area contributed by atoms with Gasteiger partial charge in [-0.1, -0.05) is 31.6 Å². The van der Waals surface area contributed by atoms with Gasteiger partial charge in [0.25, 0.3) is 7.59 Å². The molecule has 3 atom stereocenters. The van der Waals surface area contributed by atoms with Gasteiger partial charge in [-0.15, -0.1) is 11.8 Å². The van der Waals surface area contributed by atoms with Crippen LogP contribution in [0, 0.1) is 11.3 Å². The predicted molar refractivity (Wildman–Crippen MR) is 126 cm³/mol. The fourth-order valence-electron chi connectivity index (χ4n) is 5.14. The fraction of sp³-hybridized carbons (Fsp3) is 0.609. The second-order valence-corrected chi connectivity index (χ2v) is 12.0. The van der Waals surface area contributed by atoms with E-state index in [1.807, 2.05) is 30.5 Å². The Bertz CT molecular complexity index is 820. The van der Waals surface area contributed by atoms with Crippen LogP contribution >= 0.6 is 19.4 Å². The van der Waals surface area contributed by atoms with Crippen LogP contribution in [0.2, 0.25) is 0 Å². The number of nitrogens with zero attached hydrogens (tertiary/aromatic N) is 3. The summed E-state index contributed by atoms with van der Waals surface area (Å²) in [4.78, 5) is 1.16. The molecule has 7 heteroatoms. The van der Waals surface area contributed by atoms with Crippen LogP contribution in [0.5, 0.6) is 0 Å². The average molecular weight is 447 g/mol. The number of hydrogen-bond acceptors (Lipinski definition) is 3. The third-order valence-electron chi connectivity index (χ3n) is 6.30. The number of nitrogens with one attached hydrogen (secondary N) is 1. The van der Waals surface area contributed by atoms with Crippen LogP contribution in [0.3, 0.4) is 0 Å². The Balaban J connectivity index is 2.06. The second-order valence-electron chi connectivity index (χ2n) is 8.88. The van der Waals surface area contributed by atoms with Crippen LogP contribution in [0.1, 0.15) is 65.0 Å². The maximum Gasteiger partial charge on any atom is 0.286 e. The van der Waals surface area contributed by atoms with E-state index < -0.39 is 13.6 Å². The normalized spacial score (nSPS) is 25.3. The number of fused-ring (bicyclic) bond motifs is 1. The molecule has 5 nitrogen and oxygen atoms in total. The van der Waals surface area contributed by atoms with Gasteiger partial charge >= 0.3 is 0 Å². The molecule has 1 N–H and O–H groups in total. The largest absolute Gasteiger partial charge is 0.286 e. The van der Waals surface area contributed by atoms with Crippen molar-refractivity contribution < 1.29 is 4.57 Å². The SMILES string of the molecule is C=C(C#N)[C@@H](NP1(=O)N(C(C)C)[C@@H]2CCCC[C@H]2N1C(C)C)c1ccc(SC)cc1. The molecule has 0 radical (unpaired) electrons. The van der Waals surface area contributed by atoms with E-state index in [-0.39, 0.29) is 24.2 Å². The van der Waals surface area contributed by atoms with E-state index >= 15 is 0 Å². The van der Waals surface area contributed by atoms with Crippen LogP contribution < -0.4 is 5.09 Å². The minimum atomic E-state index is -3.12. The zero-order chi connectivity index (χ0) is 22.1. The van der Waals surface area contributed by atoms with Crippen molar-refractivity contribution >= 4 is 19.4 Å². The van der Waals surface area contributed by atoms with Gasteiger partial charge in [-0.05, 0) is 64.5 Å². The van der Waals surface area contributed by atoms with Gasteiger partial charge in [0.05, 0.1) is 12.1 Å². The minimum absolute atomic E-state index is 0.146. The summed E-state index contributed by atoms with van der Waals surface area (Å²) in [5.74, 6) is 0. The highest BCUT2D eigenvalue weighted by Gasteiger charge is 2.57. The summed E-state index contributed by atoms with van der Waals surface area (Å²) in [7, 11) is -3.12. The molecule has 0 unspecified atom stereocenters. The minimum Gasteiger partial charge on any atom is -0.270 e. The van der Waals surface area contributed by atoms with Crippen LogP contribution in [-0.4, -0.2) is 39.8 Å². The molecule has 0 aromatic heterocycles. The molecule has 2 fully saturated rings. The highest BCUT2D eigenvalue weighted by Crippen LogP contribution is 2.64. The number of benzene rings is 1. The summed E-state index contributed by atoms with van der Waals surface area (Å²) >= 11 is 1.68. The molecule has 0 amide bonds. The Kier molecular flexibility index (Phi) is 7.53. The molecule has 164 valence electrons. The molecule has 1 saturated heterocycles.